The zero-order valence-corrected chi connectivity index (χ0v) is 17.8. The number of carbonyl (C=O) groups is 3. The summed E-state index contributed by atoms with van der Waals surface area (Å²) in [5.74, 6) is -1.52. The third-order valence-corrected chi connectivity index (χ3v) is 3.99. The molecule has 0 unspecified atom stereocenters. The van der Waals surface area contributed by atoms with E-state index in [2.05, 4.69) is 16.2 Å². The molecule has 0 saturated carbocycles. The van der Waals surface area contributed by atoms with Gasteiger partial charge in [0.1, 0.15) is 11.3 Å². The number of hydrogen-bond acceptors (Lipinski definition) is 8. The average molecular weight is 460 g/mol. The van der Waals surface area contributed by atoms with Gasteiger partial charge in [-0.2, -0.15) is 0 Å². The Morgan fingerprint density at radius 2 is 1.75 bits per heavy atom. The first-order chi connectivity index (χ1) is 15.3. The monoisotopic (exact) mass is 460 g/mol. The van der Waals surface area contributed by atoms with E-state index in [1.165, 1.54) is 48.5 Å². The van der Waals surface area contributed by atoms with Crippen molar-refractivity contribution in [3.63, 3.8) is 0 Å². The lowest BCUT2D eigenvalue weighted by molar-refractivity contribution is -0.385. The largest absolute Gasteiger partial charge is 0.484 e. The molecule has 0 aliphatic heterocycles. The summed E-state index contributed by atoms with van der Waals surface area (Å²) in [5, 5.41) is 13.0. The molecule has 2 rings (SSSR count). The fourth-order valence-electron chi connectivity index (χ4n) is 2.30. The van der Waals surface area contributed by atoms with Crippen molar-refractivity contribution >= 4 is 40.8 Å². The lowest BCUT2D eigenvalue weighted by Gasteiger charge is -2.11. The van der Waals surface area contributed by atoms with E-state index in [1.54, 1.807) is 0 Å². The van der Waals surface area contributed by atoms with E-state index >= 15 is 0 Å². The number of amides is 2. The number of ether oxygens (including phenoxy) is 2. The number of thiocarbonyl (C=S) groups is 1. The van der Waals surface area contributed by atoms with E-state index in [9.17, 15) is 24.5 Å². The summed E-state index contributed by atoms with van der Waals surface area (Å²) in [6, 6.07) is 11.4. The summed E-state index contributed by atoms with van der Waals surface area (Å²) in [4.78, 5) is 46.1. The number of nitro groups is 1. The van der Waals surface area contributed by atoms with Crippen molar-refractivity contribution in [3.8, 4) is 5.75 Å². The van der Waals surface area contributed by atoms with Crippen LogP contribution >= 0.6 is 12.2 Å². The maximum atomic E-state index is 12.2. The molecule has 32 heavy (non-hydrogen) atoms. The Hall–Kier alpha value is -4.06. The Labute approximate surface area is 188 Å². The van der Waals surface area contributed by atoms with Gasteiger partial charge in [0.2, 0.25) is 0 Å². The third-order valence-electron chi connectivity index (χ3n) is 3.79. The quantitative estimate of drug-likeness (QED) is 0.232. The van der Waals surface area contributed by atoms with Crippen LogP contribution in [0.5, 0.6) is 5.75 Å². The third kappa shape index (κ3) is 7.32. The molecule has 12 heteroatoms. The second-order valence-electron chi connectivity index (χ2n) is 6.18. The highest BCUT2D eigenvalue weighted by atomic mass is 32.1. The van der Waals surface area contributed by atoms with E-state index in [0.29, 0.717) is 17.9 Å². The SMILES string of the molecule is CCCOC(=O)c1ccc(OCC(=O)NNC(=S)NC(=O)c2ccccc2[N+](=O)[O-])cc1. The summed E-state index contributed by atoms with van der Waals surface area (Å²) >= 11 is 4.89. The van der Waals surface area contributed by atoms with Crippen molar-refractivity contribution in [2.75, 3.05) is 13.2 Å². The van der Waals surface area contributed by atoms with Crippen LogP contribution in [0.1, 0.15) is 34.1 Å². The van der Waals surface area contributed by atoms with Gasteiger partial charge in [0.25, 0.3) is 17.5 Å². The summed E-state index contributed by atoms with van der Waals surface area (Å²) in [7, 11) is 0. The number of nitro benzene ring substituents is 1. The highest BCUT2D eigenvalue weighted by molar-refractivity contribution is 7.80. The Balaban J connectivity index is 1.77. The zero-order valence-electron chi connectivity index (χ0n) is 17.0. The fourth-order valence-corrected chi connectivity index (χ4v) is 2.45. The smallest absolute Gasteiger partial charge is 0.338 e. The molecule has 0 saturated heterocycles. The van der Waals surface area contributed by atoms with Crippen LogP contribution in [-0.4, -0.2) is 41.0 Å². The normalized spacial score (nSPS) is 9.91. The van der Waals surface area contributed by atoms with Gasteiger partial charge >= 0.3 is 5.97 Å². The molecule has 0 spiro atoms. The molecule has 0 heterocycles. The van der Waals surface area contributed by atoms with E-state index in [4.69, 9.17) is 21.7 Å². The molecule has 168 valence electrons. The van der Waals surface area contributed by atoms with Crippen LogP contribution in [0.3, 0.4) is 0 Å². The number of hydrazine groups is 1. The van der Waals surface area contributed by atoms with Gasteiger partial charge in [0.15, 0.2) is 11.7 Å². The number of esters is 1. The van der Waals surface area contributed by atoms with Gasteiger partial charge in [0, 0.05) is 6.07 Å². The molecule has 2 aromatic carbocycles. The number of benzene rings is 2. The zero-order chi connectivity index (χ0) is 23.5. The van der Waals surface area contributed by atoms with Gasteiger partial charge in [-0.15, -0.1) is 0 Å². The van der Waals surface area contributed by atoms with Gasteiger partial charge in [-0.1, -0.05) is 19.1 Å². The van der Waals surface area contributed by atoms with E-state index in [-0.39, 0.29) is 23.0 Å². The van der Waals surface area contributed by atoms with Crippen molar-refractivity contribution in [1.29, 1.82) is 0 Å². The summed E-state index contributed by atoms with van der Waals surface area (Å²) in [6.07, 6.45) is 0.718. The van der Waals surface area contributed by atoms with Crippen LogP contribution < -0.4 is 20.9 Å². The van der Waals surface area contributed by atoms with Crippen LogP contribution in [-0.2, 0) is 9.53 Å². The van der Waals surface area contributed by atoms with Gasteiger partial charge in [-0.25, -0.2) is 4.79 Å². The van der Waals surface area contributed by atoms with Crippen molar-refractivity contribution < 1.29 is 28.8 Å². The van der Waals surface area contributed by atoms with Gasteiger partial charge in [-0.3, -0.25) is 35.9 Å². The summed E-state index contributed by atoms with van der Waals surface area (Å²) < 4.78 is 10.3. The van der Waals surface area contributed by atoms with Gasteiger partial charge < -0.3 is 9.47 Å². The topological polar surface area (TPSA) is 149 Å². The molecule has 0 aromatic heterocycles. The molecular formula is C20H20N4O7S. The molecule has 0 atom stereocenters. The number of nitrogens with zero attached hydrogens (tertiary/aromatic N) is 1. The number of para-hydroxylation sites is 1. The highest BCUT2D eigenvalue weighted by Crippen LogP contribution is 2.17. The number of nitrogens with one attached hydrogen (secondary N) is 3. The number of hydrogen-bond donors (Lipinski definition) is 3. The molecule has 2 amide bonds. The van der Waals surface area contributed by atoms with Crippen LogP contribution in [0, 0.1) is 10.1 Å². The Kier molecular flexibility index (Phi) is 9.05. The second-order valence-corrected chi connectivity index (χ2v) is 6.59. The maximum Gasteiger partial charge on any atom is 0.338 e. The standard InChI is InChI=1S/C20H20N4O7S/c1-2-11-30-19(27)13-7-9-14(10-8-13)31-12-17(25)22-23-20(32)21-18(26)15-5-3-4-6-16(15)24(28)29/h3-10H,2,11-12H2,1H3,(H,22,25)(H2,21,23,26,32). The predicted molar refractivity (Wildman–Crippen MR) is 117 cm³/mol. The van der Waals surface area contributed by atoms with Crippen molar-refractivity contribution in [2.45, 2.75) is 13.3 Å². The molecule has 2 aromatic rings. The maximum absolute atomic E-state index is 12.2. The average Bonchev–Trinajstić information content (AvgIpc) is 2.80. The molecule has 3 N–H and O–H groups in total. The number of carbonyl (C=O) groups excluding carboxylic acids is 3. The molecule has 0 aliphatic carbocycles. The molecular weight excluding hydrogens is 440 g/mol. The van der Waals surface area contributed by atoms with E-state index < -0.39 is 22.7 Å². The van der Waals surface area contributed by atoms with E-state index in [1.807, 2.05) is 6.92 Å². The Morgan fingerprint density at radius 1 is 1.06 bits per heavy atom. The second kappa shape index (κ2) is 12.0. The minimum Gasteiger partial charge on any atom is -0.484 e. The fraction of sp³-hybridized carbons (Fsp3) is 0.200. The minimum atomic E-state index is -0.808. The molecule has 0 aliphatic rings. The van der Waals surface area contributed by atoms with Gasteiger partial charge in [0.05, 0.1) is 17.1 Å². The highest BCUT2D eigenvalue weighted by Gasteiger charge is 2.20. The lowest BCUT2D eigenvalue weighted by atomic mass is 10.1. The minimum absolute atomic E-state index is 0.182. The first-order valence-corrected chi connectivity index (χ1v) is 9.76. The first kappa shape index (κ1) is 24.2. The molecule has 0 radical (unpaired) electrons. The molecule has 0 fully saturated rings. The van der Waals surface area contributed by atoms with Crippen LogP contribution in [0.15, 0.2) is 48.5 Å². The van der Waals surface area contributed by atoms with Crippen LogP contribution in [0.2, 0.25) is 0 Å². The van der Waals surface area contributed by atoms with Crippen molar-refractivity contribution in [1.82, 2.24) is 16.2 Å². The first-order valence-electron chi connectivity index (χ1n) is 9.35. The van der Waals surface area contributed by atoms with E-state index in [0.717, 1.165) is 6.42 Å². The summed E-state index contributed by atoms with van der Waals surface area (Å²) in [6.45, 7) is 1.84. The molecule has 11 nitrogen and oxygen atoms in total. The predicted octanol–water partition coefficient (Wildman–Crippen LogP) is 1.88. The Morgan fingerprint density at radius 3 is 2.41 bits per heavy atom. The number of rotatable bonds is 8. The van der Waals surface area contributed by atoms with Crippen LogP contribution in [0.4, 0.5) is 5.69 Å². The van der Waals surface area contributed by atoms with Crippen LogP contribution in [0.25, 0.3) is 0 Å². The van der Waals surface area contributed by atoms with Gasteiger partial charge in [-0.05, 0) is 49.0 Å². The lowest BCUT2D eigenvalue weighted by Crippen LogP contribution is -2.49. The Bertz CT molecular complexity index is 1010. The van der Waals surface area contributed by atoms with Crippen molar-refractivity contribution in [2.24, 2.45) is 0 Å². The summed E-state index contributed by atoms with van der Waals surface area (Å²) in [5.41, 5.74) is 4.32. The van der Waals surface area contributed by atoms with Crippen molar-refractivity contribution in [3.05, 3.63) is 69.8 Å². The molecule has 0 bridgehead atoms.